The molecule has 4 aromatic rings. The molecule has 3 heterocycles. The highest BCUT2D eigenvalue weighted by atomic mass is 16.2. The fourth-order valence-electron chi connectivity index (χ4n) is 3.45. The molecule has 0 aliphatic rings. The van der Waals surface area contributed by atoms with Gasteiger partial charge in [0.25, 0.3) is 0 Å². The Morgan fingerprint density at radius 2 is 1.94 bits per heavy atom. The molecular weight excluding hydrogens is 414 g/mol. The number of anilines is 1. The average molecular weight is 438 g/mol. The summed E-state index contributed by atoms with van der Waals surface area (Å²) in [6.45, 7) is 0.491. The van der Waals surface area contributed by atoms with Crippen molar-refractivity contribution in [2.45, 2.75) is 13.0 Å². The number of hydrogen-bond acceptors (Lipinski definition) is 4. The number of para-hydroxylation sites is 1. The molecule has 7 nitrogen and oxygen atoms in total. The van der Waals surface area contributed by atoms with Gasteiger partial charge in [-0.1, -0.05) is 24.3 Å². The van der Waals surface area contributed by atoms with E-state index in [1.807, 2.05) is 19.2 Å². The van der Waals surface area contributed by atoms with Gasteiger partial charge in [0.05, 0.1) is 13.0 Å². The largest absolute Gasteiger partial charge is 0.346 e. The Kier molecular flexibility index (Phi) is 6.46. The molecule has 1 aromatic carbocycles. The van der Waals surface area contributed by atoms with Crippen LogP contribution in [0.3, 0.4) is 0 Å². The van der Waals surface area contributed by atoms with Crippen molar-refractivity contribution in [2.75, 3.05) is 12.4 Å². The zero-order chi connectivity index (χ0) is 23.2. The normalized spacial score (nSPS) is 10.8. The van der Waals surface area contributed by atoms with Crippen LogP contribution < -0.4 is 5.32 Å². The van der Waals surface area contributed by atoms with Crippen LogP contribution in [0.15, 0.2) is 67.1 Å². The fraction of sp³-hybridized carbons (Fsp3) is 0.154. The molecule has 0 aliphatic carbocycles. The van der Waals surface area contributed by atoms with Gasteiger partial charge in [0, 0.05) is 55.5 Å². The van der Waals surface area contributed by atoms with E-state index in [1.54, 1.807) is 42.6 Å². The molecule has 0 radical (unpaired) electrons. The molecule has 7 heteroatoms. The van der Waals surface area contributed by atoms with Crippen LogP contribution in [0.5, 0.6) is 0 Å². The zero-order valence-corrected chi connectivity index (χ0v) is 18.4. The first kappa shape index (κ1) is 21.8. The summed E-state index contributed by atoms with van der Waals surface area (Å²) in [5.74, 6) is -0.0550. The molecule has 0 unspecified atom stereocenters. The highest BCUT2D eigenvalue weighted by molar-refractivity contribution is 5.92. The first-order chi connectivity index (χ1) is 16.0. The summed E-state index contributed by atoms with van der Waals surface area (Å²) in [7, 11) is 3.76. The van der Waals surface area contributed by atoms with Gasteiger partial charge in [-0.15, -0.1) is 0 Å². The highest BCUT2D eigenvalue weighted by Gasteiger charge is 2.11. The lowest BCUT2D eigenvalue weighted by atomic mass is 10.2. The van der Waals surface area contributed by atoms with Gasteiger partial charge in [0.2, 0.25) is 11.8 Å². The molecule has 0 saturated carbocycles. The van der Waals surface area contributed by atoms with Crippen LogP contribution >= 0.6 is 0 Å². The lowest BCUT2D eigenvalue weighted by Gasteiger charge is -2.15. The minimum absolute atomic E-state index is 0.136. The van der Waals surface area contributed by atoms with Crippen molar-refractivity contribution in [3.8, 4) is 0 Å². The van der Waals surface area contributed by atoms with Crippen molar-refractivity contribution < 1.29 is 9.59 Å². The van der Waals surface area contributed by atoms with Crippen LogP contribution in [0.1, 0.15) is 16.8 Å². The number of fused-ring (bicyclic) bond motifs is 1. The third-order valence-corrected chi connectivity index (χ3v) is 5.26. The van der Waals surface area contributed by atoms with E-state index < -0.39 is 0 Å². The fourth-order valence-corrected chi connectivity index (χ4v) is 3.45. The second kappa shape index (κ2) is 9.79. The minimum Gasteiger partial charge on any atom is -0.346 e. The molecular formula is C26H23N5O2. The van der Waals surface area contributed by atoms with E-state index in [4.69, 9.17) is 0 Å². The SMILES string of the molecule is CN(Cc1cc2ccccc2n1C)C(=O)/C=C/c1c#cc(NC(=O)Cc2ccncc2)nc1. The Labute approximate surface area is 192 Å². The number of likely N-dealkylation sites (N-methyl/N-ethyl adjacent to an activating group) is 1. The molecule has 3 aromatic heterocycles. The summed E-state index contributed by atoms with van der Waals surface area (Å²) in [5, 5.41) is 3.83. The monoisotopic (exact) mass is 437 g/mol. The van der Waals surface area contributed by atoms with E-state index in [0.29, 0.717) is 12.1 Å². The first-order valence-electron chi connectivity index (χ1n) is 10.4. The van der Waals surface area contributed by atoms with Crippen molar-refractivity contribution in [1.82, 2.24) is 19.4 Å². The second-order valence-corrected chi connectivity index (χ2v) is 7.67. The van der Waals surface area contributed by atoms with Gasteiger partial charge >= 0.3 is 0 Å². The van der Waals surface area contributed by atoms with Gasteiger partial charge in [-0.2, -0.15) is 0 Å². The number of carbonyl (C=O) groups is 2. The number of hydrogen-bond donors (Lipinski definition) is 1. The summed E-state index contributed by atoms with van der Waals surface area (Å²) in [5.41, 5.74) is 3.63. The van der Waals surface area contributed by atoms with Crippen LogP contribution in [0.2, 0.25) is 0 Å². The predicted molar refractivity (Wildman–Crippen MR) is 127 cm³/mol. The van der Waals surface area contributed by atoms with Crippen LogP contribution in [0.4, 0.5) is 5.82 Å². The summed E-state index contributed by atoms with van der Waals surface area (Å²) in [6, 6.07) is 19.5. The number of nitrogens with zero attached hydrogens (tertiary/aromatic N) is 4. The molecule has 0 aliphatic heterocycles. The van der Waals surface area contributed by atoms with E-state index in [9.17, 15) is 9.59 Å². The summed E-state index contributed by atoms with van der Waals surface area (Å²) in [4.78, 5) is 34.4. The Balaban J connectivity index is 1.32. The lowest BCUT2D eigenvalue weighted by molar-refractivity contribution is -0.125. The van der Waals surface area contributed by atoms with Crippen LogP contribution in [-0.2, 0) is 29.6 Å². The van der Waals surface area contributed by atoms with Crippen molar-refractivity contribution in [2.24, 2.45) is 7.05 Å². The molecule has 33 heavy (non-hydrogen) atoms. The molecule has 0 saturated heterocycles. The molecule has 2 amide bonds. The Morgan fingerprint density at radius 3 is 2.67 bits per heavy atom. The number of nitrogens with one attached hydrogen (secondary N) is 1. The number of benzene rings is 1. The van der Waals surface area contributed by atoms with Crippen molar-refractivity contribution in [3.05, 3.63) is 96.1 Å². The quantitative estimate of drug-likeness (QED) is 0.449. The van der Waals surface area contributed by atoms with Crippen LogP contribution in [0.25, 0.3) is 17.0 Å². The van der Waals surface area contributed by atoms with Gasteiger partial charge in [-0.05, 0) is 47.4 Å². The minimum atomic E-state index is -0.202. The third kappa shape index (κ3) is 5.43. The number of carbonyl (C=O) groups excluding carboxylic acids is 2. The number of rotatable bonds is 7. The van der Waals surface area contributed by atoms with E-state index in [2.05, 4.69) is 50.2 Å². The maximum absolute atomic E-state index is 12.6. The average Bonchev–Trinajstić information content (AvgIpc) is 3.14. The van der Waals surface area contributed by atoms with Gasteiger partial charge in [-0.3, -0.25) is 14.6 Å². The summed E-state index contributed by atoms with van der Waals surface area (Å²) >= 11 is 0. The highest BCUT2D eigenvalue weighted by Crippen LogP contribution is 2.19. The van der Waals surface area contributed by atoms with Crippen molar-refractivity contribution in [3.63, 3.8) is 0 Å². The van der Waals surface area contributed by atoms with Gasteiger partial charge < -0.3 is 14.8 Å². The molecule has 0 bridgehead atoms. The number of aryl methyl sites for hydroxylation is 1. The maximum atomic E-state index is 12.6. The first-order valence-corrected chi connectivity index (χ1v) is 10.4. The van der Waals surface area contributed by atoms with Crippen molar-refractivity contribution >= 4 is 34.6 Å². The van der Waals surface area contributed by atoms with Gasteiger partial charge in [0.15, 0.2) is 5.82 Å². The molecule has 0 spiro atoms. The van der Waals surface area contributed by atoms with Crippen LogP contribution in [0, 0.1) is 12.1 Å². The molecule has 4 rings (SSSR count). The molecule has 0 atom stereocenters. The zero-order valence-electron chi connectivity index (χ0n) is 18.4. The number of amides is 2. The molecule has 1 N–H and O–H groups in total. The topological polar surface area (TPSA) is 80.1 Å². The standard InChI is InChI=1S/C26H23N5O2/c1-30(18-22-16-21-5-3-4-6-23(21)31(22)2)26(33)10-8-20-7-9-24(28-17-20)29-25(32)15-19-11-13-27-14-12-19/h3-6,8,10-14,16-17H,15,18H2,1-2H3,(H,28,29,32)/b10-8+. The van der Waals surface area contributed by atoms with Gasteiger partial charge in [0.1, 0.15) is 0 Å². The van der Waals surface area contributed by atoms with E-state index in [0.717, 1.165) is 22.2 Å². The van der Waals surface area contributed by atoms with E-state index in [-0.39, 0.29) is 24.1 Å². The van der Waals surface area contributed by atoms with Crippen LogP contribution in [-0.4, -0.2) is 38.3 Å². The Bertz CT molecular complexity index is 1290. The lowest BCUT2D eigenvalue weighted by Crippen LogP contribution is -2.25. The van der Waals surface area contributed by atoms with Crippen molar-refractivity contribution in [1.29, 1.82) is 0 Å². The number of aromatic nitrogens is 3. The predicted octanol–water partition coefficient (Wildman–Crippen LogP) is 3.42. The second-order valence-electron chi connectivity index (χ2n) is 7.67. The molecule has 164 valence electrons. The number of pyridine rings is 1. The summed E-state index contributed by atoms with van der Waals surface area (Å²) in [6.07, 6.45) is 8.15. The van der Waals surface area contributed by atoms with E-state index >= 15 is 0 Å². The Hall–Kier alpha value is -4.44. The van der Waals surface area contributed by atoms with E-state index in [1.165, 1.54) is 12.3 Å². The Morgan fingerprint density at radius 1 is 1.15 bits per heavy atom. The third-order valence-electron chi connectivity index (χ3n) is 5.26. The maximum Gasteiger partial charge on any atom is 0.246 e. The molecule has 0 fully saturated rings. The summed E-state index contributed by atoms with van der Waals surface area (Å²) < 4.78 is 2.09. The van der Waals surface area contributed by atoms with Gasteiger partial charge in [-0.25, -0.2) is 4.98 Å². The smallest absolute Gasteiger partial charge is 0.246 e.